The molecule has 0 fully saturated rings. The maximum atomic E-state index is 12.1. The molecule has 3 nitrogen and oxygen atoms in total. The fourth-order valence-electron chi connectivity index (χ4n) is 0.478. The van der Waals surface area contributed by atoms with Crippen LogP contribution in [0, 0.1) is 5.95 Å². The van der Waals surface area contributed by atoms with Crippen LogP contribution in [0.2, 0.25) is 0 Å². The lowest BCUT2D eigenvalue weighted by Gasteiger charge is -1.91. The van der Waals surface area contributed by atoms with Gasteiger partial charge in [-0.25, -0.2) is 4.98 Å². The van der Waals surface area contributed by atoms with Gasteiger partial charge < -0.3 is 5.73 Å². The second-order valence-corrected chi connectivity index (χ2v) is 1.54. The molecule has 48 valence electrons. The first kappa shape index (κ1) is 6.10. The summed E-state index contributed by atoms with van der Waals surface area (Å²) in [4.78, 5) is 6.98. The standard InChI is InChI=1S/C5H6FN3/c6-5-3-8-2-4(1-7)9-5/h2-3H,1,7H2. The quantitative estimate of drug-likeness (QED) is 0.581. The number of nitrogens with two attached hydrogens (primary N) is 1. The van der Waals surface area contributed by atoms with Gasteiger partial charge in [-0.15, -0.1) is 0 Å². The number of halogens is 1. The van der Waals surface area contributed by atoms with Gasteiger partial charge in [0, 0.05) is 12.7 Å². The minimum atomic E-state index is -0.585. The monoisotopic (exact) mass is 127 g/mol. The highest BCUT2D eigenvalue weighted by Crippen LogP contribution is 1.91. The molecule has 0 aromatic carbocycles. The fourth-order valence-corrected chi connectivity index (χ4v) is 0.478. The van der Waals surface area contributed by atoms with Crippen LogP contribution in [0.5, 0.6) is 0 Å². The van der Waals surface area contributed by atoms with Gasteiger partial charge >= 0.3 is 0 Å². The van der Waals surface area contributed by atoms with Crippen LogP contribution in [0.4, 0.5) is 4.39 Å². The Morgan fingerprint density at radius 3 is 2.78 bits per heavy atom. The molecule has 0 amide bonds. The van der Waals surface area contributed by atoms with E-state index >= 15 is 0 Å². The third-order valence-electron chi connectivity index (χ3n) is 0.864. The molecule has 0 aliphatic carbocycles. The van der Waals surface area contributed by atoms with Gasteiger partial charge in [0.25, 0.3) is 0 Å². The molecule has 4 heteroatoms. The summed E-state index contributed by atoms with van der Waals surface area (Å²) in [5.41, 5.74) is 5.62. The van der Waals surface area contributed by atoms with Crippen LogP contribution in [0.1, 0.15) is 5.69 Å². The van der Waals surface area contributed by atoms with Gasteiger partial charge in [-0.05, 0) is 0 Å². The van der Waals surface area contributed by atoms with Gasteiger partial charge in [-0.1, -0.05) is 0 Å². The molecule has 0 saturated carbocycles. The highest BCUT2D eigenvalue weighted by molar-refractivity contribution is 4.93. The predicted octanol–water partition coefficient (Wildman–Crippen LogP) is 0.0744. The second-order valence-electron chi connectivity index (χ2n) is 1.54. The number of rotatable bonds is 1. The summed E-state index contributed by atoms with van der Waals surface area (Å²) in [7, 11) is 0. The highest BCUT2D eigenvalue weighted by Gasteiger charge is 1.92. The van der Waals surface area contributed by atoms with Crippen LogP contribution in [0.3, 0.4) is 0 Å². The van der Waals surface area contributed by atoms with Crippen molar-refractivity contribution in [2.75, 3.05) is 0 Å². The van der Waals surface area contributed by atoms with Crippen molar-refractivity contribution < 1.29 is 4.39 Å². The van der Waals surface area contributed by atoms with Crippen LogP contribution >= 0.6 is 0 Å². The Morgan fingerprint density at radius 1 is 1.56 bits per heavy atom. The predicted molar refractivity (Wildman–Crippen MR) is 29.9 cm³/mol. The van der Waals surface area contributed by atoms with Crippen molar-refractivity contribution in [3.63, 3.8) is 0 Å². The highest BCUT2D eigenvalue weighted by atomic mass is 19.1. The number of nitrogens with zero attached hydrogens (tertiary/aromatic N) is 2. The molecule has 0 spiro atoms. The zero-order valence-corrected chi connectivity index (χ0v) is 4.71. The molecule has 1 heterocycles. The van der Waals surface area contributed by atoms with Crippen molar-refractivity contribution in [1.29, 1.82) is 0 Å². The molecule has 2 N–H and O–H groups in total. The van der Waals surface area contributed by atoms with Crippen molar-refractivity contribution in [1.82, 2.24) is 9.97 Å². The molecule has 0 radical (unpaired) electrons. The summed E-state index contributed by atoms with van der Waals surface area (Å²) in [6.45, 7) is 0.227. The lowest BCUT2D eigenvalue weighted by molar-refractivity contribution is 0.569. The molecule has 0 unspecified atom stereocenters. The lowest BCUT2D eigenvalue weighted by atomic mass is 10.5. The van der Waals surface area contributed by atoms with E-state index in [0.717, 1.165) is 6.20 Å². The van der Waals surface area contributed by atoms with Crippen molar-refractivity contribution >= 4 is 0 Å². The average Bonchev–Trinajstić information content (AvgIpc) is 1.88. The van der Waals surface area contributed by atoms with E-state index in [0.29, 0.717) is 5.69 Å². The Labute approximate surface area is 51.7 Å². The van der Waals surface area contributed by atoms with E-state index in [1.54, 1.807) is 0 Å². The minimum absolute atomic E-state index is 0.227. The lowest BCUT2D eigenvalue weighted by Crippen LogP contribution is -2.01. The molecule has 9 heavy (non-hydrogen) atoms. The Morgan fingerprint density at radius 2 is 2.33 bits per heavy atom. The first-order valence-corrected chi connectivity index (χ1v) is 2.49. The van der Waals surface area contributed by atoms with Crippen LogP contribution in [-0.4, -0.2) is 9.97 Å². The smallest absolute Gasteiger partial charge is 0.231 e. The molecule has 1 rings (SSSR count). The average molecular weight is 127 g/mol. The molecule has 0 saturated heterocycles. The third-order valence-corrected chi connectivity index (χ3v) is 0.864. The zero-order valence-electron chi connectivity index (χ0n) is 4.71. The first-order valence-electron chi connectivity index (χ1n) is 2.49. The Kier molecular flexibility index (Phi) is 1.69. The summed E-state index contributed by atoms with van der Waals surface area (Å²) in [5, 5.41) is 0. The van der Waals surface area contributed by atoms with E-state index in [2.05, 4.69) is 9.97 Å². The van der Waals surface area contributed by atoms with E-state index in [1.807, 2.05) is 0 Å². The summed E-state index contributed by atoms with van der Waals surface area (Å²) >= 11 is 0. The van der Waals surface area contributed by atoms with Gasteiger partial charge in [0.2, 0.25) is 5.95 Å². The number of aromatic nitrogens is 2. The zero-order chi connectivity index (χ0) is 6.69. The Bertz CT molecular complexity index is 201. The topological polar surface area (TPSA) is 51.8 Å². The van der Waals surface area contributed by atoms with Crippen molar-refractivity contribution in [3.05, 3.63) is 24.0 Å². The Hall–Kier alpha value is -1.03. The summed E-state index contributed by atoms with van der Waals surface area (Å²) in [6, 6.07) is 0. The molecular weight excluding hydrogens is 121 g/mol. The molecule has 0 bridgehead atoms. The van der Waals surface area contributed by atoms with Gasteiger partial charge in [0.1, 0.15) is 0 Å². The van der Waals surface area contributed by atoms with Gasteiger partial charge in [0.05, 0.1) is 11.9 Å². The van der Waals surface area contributed by atoms with Crippen LogP contribution in [0.25, 0.3) is 0 Å². The Balaban J connectivity index is 2.94. The molecule has 0 aliphatic rings. The summed E-state index contributed by atoms with van der Waals surface area (Å²) in [5.74, 6) is -0.585. The molecule has 1 aromatic heterocycles. The van der Waals surface area contributed by atoms with E-state index in [9.17, 15) is 4.39 Å². The van der Waals surface area contributed by atoms with Crippen LogP contribution in [0.15, 0.2) is 12.4 Å². The summed E-state index contributed by atoms with van der Waals surface area (Å²) < 4.78 is 12.1. The van der Waals surface area contributed by atoms with E-state index in [-0.39, 0.29) is 6.54 Å². The first-order chi connectivity index (χ1) is 4.33. The largest absolute Gasteiger partial charge is 0.325 e. The fraction of sp³-hybridized carbons (Fsp3) is 0.200. The van der Waals surface area contributed by atoms with Crippen molar-refractivity contribution in [2.24, 2.45) is 5.73 Å². The van der Waals surface area contributed by atoms with E-state index in [1.165, 1.54) is 6.20 Å². The van der Waals surface area contributed by atoms with E-state index in [4.69, 9.17) is 5.73 Å². The van der Waals surface area contributed by atoms with Crippen molar-refractivity contribution in [3.8, 4) is 0 Å². The number of hydrogen-bond donors (Lipinski definition) is 1. The van der Waals surface area contributed by atoms with Crippen LogP contribution in [-0.2, 0) is 6.54 Å². The third kappa shape index (κ3) is 1.43. The van der Waals surface area contributed by atoms with Crippen LogP contribution < -0.4 is 5.73 Å². The number of hydrogen-bond acceptors (Lipinski definition) is 3. The summed E-state index contributed by atoms with van der Waals surface area (Å²) in [6.07, 6.45) is 2.47. The van der Waals surface area contributed by atoms with Gasteiger partial charge in [-0.2, -0.15) is 4.39 Å². The SMILES string of the molecule is NCc1cncc(F)n1. The van der Waals surface area contributed by atoms with Crippen molar-refractivity contribution in [2.45, 2.75) is 6.54 Å². The molecule has 1 aromatic rings. The maximum absolute atomic E-state index is 12.1. The molecule has 0 aliphatic heterocycles. The van der Waals surface area contributed by atoms with Gasteiger partial charge in [-0.3, -0.25) is 4.98 Å². The molecular formula is C5H6FN3. The second kappa shape index (κ2) is 2.50. The van der Waals surface area contributed by atoms with Gasteiger partial charge in [0.15, 0.2) is 0 Å². The normalized spacial score (nSPS) is 9.56. The molecule has 0 atom stereocenters. The van der Waals surface area contributed by atoms with E-state index < -0.39 is 5.95 Å². The minimum Gasteiger partial charge on any atom is -0.325 e. The maximum Gasteiger partial charge on any atom is 0.231 e.